The molecule has 0 aliphatic rings. The molecule has 0 bridgehead atoms. The van der Waals surface area contributed by atoms with Crippen molar-refractivity contribution in [1.29, 1.82) is 0 Å². The van der Waals surface area contributed by atoms with Gasteiger partial charge in [0.25, 0.3) is 0 Å². The number of benzene rings is 8. The molecule has 0 fully saturated rings. The summed E-state index contributed by atoms with van der Waals surface area (Å²) in [6.07, 6.45) is 0. The third-order valence-corrected chi connectivity index (χ3v) is 15.4. The number of rotatable bonds is 6. The standard InChI is InChI=1S/C48H33NOSi/c1-4-15-36(16-5-1)49-44-24-12-10-21-40(44)43-23-14-26-47(48(43)49)51(37-17-6-2-7-18-37,38-19-8-3-9-20-38)39-30-27-34(28-31-39)35-29-32-42-41-22-11-13-25-45(41)50-46(42)33-35/h1-33H. The Morgan fingerprint density at radius 2 is 0.922 bits per heavy atom. The lowest BCUT2D eigenvalue weighted by Gasteiger charge is -2.35. The fourth-order valence-corrected chi connectivity index (χ4v) is 13.3. The molecule has 10 rings (SSSR count). The molecule has 3 heteroatoms. The summed E-state index contributed by atoms with van der Waals surface area (Å²) >= 11 is 0. The van der Waals surface area contributed by atoms with Crippen molar-refractivity contribution in [1.82, 2.24) is 4.57 Å². The van der Waals surface area contributed by atoms with Crippen molar-refractivity contribution in [3.05, 3.63) is 200 Å². The minimum Gasteiger partial charge on any atom is -0.456 e. The number of fused-ring (bicyclic) bond motifs is 6. The number of hydrogen-bond acceptors (Lipinski definition) is 1. The average molecular weight is 668 g/mol. The van der Waals surface area contributed by atoms with Gasteiger partial charge in [0.05, 0.1) is 11.0 Å². The maximum Gasteiger partial charge on any atom is 0.181 e. The van der Waals surface area contributed by atoms with E-state index in [0.717, 1.165) is 33.2 Å². The summed E-state index contributed by atoms with van der Waals surface area (Å²) in [7, 11) is -2.92. The van der Waals surface area contributed by atoms with Gasteiger partial charge < -0.3 is 8.98 Å². The van der Waals surface area contributed by atoms with Crippen LogP contribution in [0.5, 0.6) is 0 Å². The van der Waals surface area contributed by atoms with Crippen LogP contribution in [0.4, 0.5) is 0 Å². The quantitative estimate of drug-likeness (QED) is 0.128. The van der Waals surface area contributed by atoms with Crippen molar-refractivity contribution in [2.75, 3.05) is 0 Å². The van der Waals surface area contributed by atoms with Gasteiger partial charge >= 0.3 is 0 Å². The molecule has 51 heavy (non-hydrogen) atoms. The first-order chi connectivity index (χ1) is 25.3. The third-order valence-electron chi connectivity index (χ3n) is 10.6. The molecule has 0 spiro atoms. The fraction of sp³-hybridized carbons (Fsp3) is 0. The van der Waals surface area contributed by atoms with Crippen molar-refractivity contribution in [2.24, 2.45) is 0 Å². The summed E-state index contributed by atoms with van der Waals surface area (Å²) in [6, 6.07) is 73.3. The Hall–Kier alpha value is -6.42. The van der Waals surface area contributed by atoms with Gasteiger partial charge in [-0.3, -0.25) is 0 Å². The van der Waals surface area contributed by atoms with E-state index in [2.05, 4.69) is 193 Å². The summed E-state index contributed by atoms with van der Waals surface area (Å²) in [5.41, 5.74) is 7.79. The predicted molar refractivity (Wildman–Crippen MR) is 217 cm³/mol. The lowest BCUT2D eigenvalue weighted by Crippen LogP contribution is -2.75. The molecule has 240 valence electrons. The molecule has 0 radical (unpaired) electrons. The van der Waals surface area contributed by atoms with E-state index in [9.17, 15) is 0 Å². The topological polar surface area (TPSA) is 18.1 Å². The summed E-state index contributed by atoms with van der Waals surface area (Å²) in [5, 5.41) is 10.2. The van der Waals surface area contributed by atoms with Crippen LogP contribution in [0.25, 0.3) is 60.6 Å². The van der Waals surface area contributed by atoms with Crippen LogP contribution in [-0.2, 0) is 0 Å². The summed E-state index contributed by atoms with van der Waals surface area (Å²) in [4.78, 5) is 0. The van der Waals surface area contributed by atoms with E-state index in [4.69, 9.17) is 4.42 Å². The SMILES string of the molecule is c1ccc(-n2c3ccccc3c3cccc([Si](c4ccccc4)(c4ccccc4)c4ccc(-c5ccc6c(c5)oc5ccccc56)cc4)c32)cc1. The largest absolute Gasteiger partial charge is 0.456 e. The summed E-state index contributed by atoms with van der Waals surface area (Å²) in [5.74, 6) is 0. The minimum atomic E-state index is -2.92. The molecule has 0 saturated heterocycles. The number of hydrogen-bond donors (Lipinski definition) is 0. The van der Waals surface area contributed by atoms with E-state index in [0.29, 0.717) is 0 Å². The summed E-state index contributed by atoms with van der Waals surface area (Å²) < 4.78 is 8.77. The summed E-state index contributed by atoms with van der Waals surface area (Å²) in [6.45, 7) is 0. The molecule has 0 saturated carbocycles. The van der Waals surface area contributed by atoms with Crippen molar-refractivity contribution < 1.29 is 4.42 Å². The predicted octanol–water partition coefficient (Wildman–Crippen LogP) is 9.73. The van der Waals surface area contributed by atoms with Crippen molar-refractivity contribution in [3.8, 4) is 16.8 Å². The van der Waals surface area contributed by atoms with E-state index in [-0.39, 0.29) is 0 Å². The van der Waals surface area contributed by atoms with E-state index < -0.39 is 8.07 Å². The highest BCUT2D eigenvalue weighted by Crippen LogP contribution is 2.34. The molecule has 2 aromatic heterocycles. The Kier molecular flexibility index (Phi) is 6.86. The molecule has 8 aromatic carbocycles. The van der Waals surface area contributed by atoms with Crippen LogP contribution in [0.2, 0.25) is 0 Å². The first-order valence-electron chi connectivity index (χ1n) is 17.5. The maximum absolute atomic E-state index is 6.28. The van der Waals surface area contributed by atoms with Crippen molar-refractivity contribution in [2.45, 2.75) is 0 Å². The van der Waals surface area contributed by atoms with Gasteiger partial charge in [0, 0.05) is 27.2 Å². The minimum absolute atomic E-state index is 0.912. The third kappa shape index (κ3) is 4.56. The second kappa shape index (κ2) is 11.9. The van der Waals surface area contributed by atoms with Crippen LogP contribution in [0.1, 0.15) is 0 Å². The maximum atomic E-state index is 6.28. The molecule has 0 N–H and O–H groups in total. The van der Waals surface area contributed by atoms with E-state index in [1.54, 1.807) is 0 Å². The molecule has 2 nitrogen and oxygen atoms in total. The molecular formula is C48H33NOSi. The smallest absolute Gasteiger partial charge is 0.181 e. The Morgan fingerprint density at radius 3 is 1.65 bits per heavy atom. The molecule has 10 aromatic rings. The Bertz CT molecular complexity index is 2800. The van der Waals surface area contributed by atoms with Gasteiger partial charge in [-0.1, -0.05) is 164 Å². The molecule has 0 amide bonds. The first-order valence-corrected chi connectivity index (χ1v) is 19.5. The number of aromatic nitrogens is 1. The van der Waals surface area contributed by atoms with Gasteiger partial charge in [0.1, 0.15) is 11.2 Å². The molecular weight excluding hydrogens is 635 g/mol. The second-order valence-corrected chi connectivity index (χ2v) is 17.0. The second-order valence-electron chi connectivity index (χ2n) is 13.3. The molecule has 0 aliphatic heterocycles. The fourth-order valence-electron chi connectivity index (χ4n) is 8.33. The van der Waals surface area contributed by atoms with Crippen LogP contribution >= 0.6 is 0 Å². The van der Waals surface area contributed by atoms with Gasteiger partial charge in [0.15, 0.2) is 8.07 Å². The molecule has 2 heterocycles. The van der Waals surface area contributed by atoms with Gasteiger partial charge in [-0.05, 0) is 68.3 Å². The molecule has 0 aliphatic carbocycles. The van der Waals surface area contributed by atoms with E-state index in [1.165, 1.54) is 48.1 Å². The normalized spacial score (nSPS) is 11.9. The van der Waals surface area contributed by atoms with Crippen LogP contribution in [-0.4, -0.2) is 12.6 Å². The Labute approximate surface area is 297 Å². The first kappa shape index (κ1) is 29.5. The van der Waals surface area contributed by atoms with Crippen LogP contribution in [0.15, 0.2) is 205 Å². The van der Waals surface area contributed by atoms with Crippen molar-refractivity contribution >= 4 is 72.6 Å². The highest BCUT2D eigenvalue weighted by atomic mass is 28.3. The lowest BCUT2D eigenvalue weighted by molar-refractivity contribution is 0.669. The molecule has 0 unspecified atom stereocenters. The van der Waals surface area contributed by atoms with Gasteiger partial charge in [-0.25, -0.2) is 0 Å². The van der Waals surface area contributed by atoms with E-state index in [1.807, 2.05) is 12.1 Å². The zero-order chi connectivity index (χ0) is 33.8. The van der Waals surface area contributed by atoms with Gasteiger partial charge in [0.2, 0.25) is 0 Å². The zero-order valence-electron chi connectivity index (χ0n) is 27.9. The van der Waals surface area contributed by atoms with Crippen molar-refractivity contribution in [3.63, 3.8) is 0 Å². The van der Waals surface area contributed by atoms with E-state index >= 15 is 0 Å². The highest BCUT2D eigenvalue weighted by molar-refractivity contribution is 7.20. The zero-order valence-corrected chi connectivity index (χ0v) is 28.9. The molecule has 0 atom stereocenters. The number of furan rings is 1. The number of nitrogens with zero attached hydrogens (tertiary/aromatic N) is 1. The lowest BCUT2D eigenvalue weighted by atomic mass is 10.0. The number of para-hydroxylation sites is 4. The van der Waals surface area contributed by atoms with Crippen LogP contribution in [0.3, 0.4) is 0 Å². The average Bonchev–Trinajstić information content (AvgIpc) is 3.75. The monoisotopic (exact) mass is 667 g/mol. The highest BCUT2D eigenvalue weighted by Gasteiger charge is 2.43. The van der Waals surface area contributed by atoms with Gasteiger partial charge in [-0.2, -0.15) is 0 Å². The Morgan fingerprint density at radius 1 is 0.373 bits per heavy atom. The van der Waals surface area contributed by atoms with Gasteiger partial charge in [-0.15, -0.1) is 0 Å². The van der Waals surface area contributed by atoms with Crippen LogP contribution in [0, 0.1) is 0 Å². The van der Waals surface area contributed by atoms with Crippen LogP contribution < -0.4 is 20.7 Å². The Balaban J connectivity index is 1.27.